The summed E-state index contributed by atoms with van der Waals surface area (Å²) in [5.74, 6) is 0. The summed E-state index contributed by atoms with van der Waals surface area (Å²) in [4.78, 5) is 7.58. The Balaban J connectivity index is 1.79. The van der Waals surface area contributed by atoms with Crippen molar-refractivity contribution in [1.82, 2.24) is 15.1 Å². The number of benzene rings is 1. The zero-order valence-electron chi connectivity index (χ0n) is 15.7. The van der Waals surface area contributed by atoms with Gasteiger partial charge in [0.05, 0.1) is 0 Å². The van der Waals surface area contributed by atoms with E-state index < -0.39 is 0 Å². The molecule has 0 bridgehead atoms. The van der Waals surface area contributed by atoms with Gasteiger partial charge in [-0.05, 0) is 50.6 Å². The molecule has 2 fully saturated rings. The number of anilines is 1. The van der Waals surface area contributed by atoms with Gasteiger partial charge >= 0.3 is 0 Å². The number of nitrogens with zero attached hydrogens (tertiary/aromatic N) is 3. The van der Waals surface area contributed by atoms with Crippen LogP contribution >= 0.6 is 0 Å². The van der Waals surface area contributed by atoms with E-state index in [1.807, 2.05) is 0 Å². The first kappa shape index (κ1) is 17.7. The van der Waals surface area contributed by atoms with Gasteiger partial charge in [-0.3, -0.25) is 4.90 Å². The predicted molar refractivity (Wildman–Crippen MR) is 103 cm³/mol. The van der Waals surface area contributed by atoms with Crippen LogP contribution in [-0.4, -0.2) is 69.2 Å². The minimum atomic E-state index is 0.511. The summed E-state index contributed by atoms with van der Waals surface area (Å²) >= 11 is 0. The van der Waals surface area contributed by atoms with E-state index in [0.29, 0.717) is 12.1 Å². The Morgan fingerprint density at radius 3 is 2.42 bits per heavy atom. The van der Waals surface area contributed by atoms with Gasteiger partial charge in [0.2, 0.25) is 0 Å². The maximum atomic E-state index is 3.54. The van der Waals surface area contributed by atoms with Gasteiger partial charge in [0.25, 0.3) is 0 Å². The highest BCUT2D eigenvalue weighted by Gasteiger charge is 2.29. The summed E-state index contributed by atoms with van der Waals surface area (Å²) in [6.07, 6.45) is 4.13. The molecule has 24 heavy (non-hydrogen) atoms. The van der Waals surface area contributed by atoms with Crippen molar-refractivity contribution in [2.75, 3.05) is 58.3 Å². The molecular formula is C20H34N4. The first-order valence-corrected chi connectivity index (χ1v) is 9.61. The summed E-state index contributed by atoms with van der Waals surface area (Å²) in [6.45, 7) is 9.44. The zero-order valence-corrected chi connectivity index (χ0v) is 15.7. The van der Waals surface area contributed by atoms with Gasteiger partial charge < -0.3 is 15.1 Å². The highest BCUT2D eigenvalue weighted by atomic mass is 15.3. The first-order valence-electron chi connectivity index (χ1n) is 9.61. The number of hydrogen-bond donors (Lipinski definition) is 1. The van der Waals surface area contributed by atoms with Crippen LogP contribution in [-0.2, 0) is 0 Å². The number of nitrogens with one attached hydrogen (secondary N) is 1. The molecule has 2 heterocycles. The van der Waals surface area contributed by atoms with Crippen LogP contribution in [0.5, 0.6) is 0 Å². The fraction of sp³-hybridized carbons (Fsp3) is 0.700. The Kier molecular flexibility index (Phi) is 6.14. The average Bonchev–Trinajstić information content (AvgIpc) is 2.61. The van der Waals surface area contributed by atoms with Crippen molar-refractivity contribution in [2.45, 2.75) is 38.3 Å². The molecule has 2 aliphatic rings. The minimum Gasteiger partial charge on any atom is -0.378 e. The molecule has 1 aromatic carbocycles. The molecule has 1 N–H and O–H groups in total. The van der Waals surface area contributed by atoms with Crippen LogP contribution in [0.3, 0.4) is 0 Å². The molecule has 0 aromatic heterocycles. The fourth-order valence-electron chi connectivity index (χ4n) is 4.10. The third-order valence-corrected chi connectivity index (χ3v) is 5.63. The summed E-state index contributed by atoms with van der Waals surface area (Å²) < 4.78 is 0. The van der Waals surface area contributed by atoms with Crippen molar-refractivity contribution < 1.29 is 0 Å². The molecule has 3 rings (SSSR count). The maximum Gasteiger partial charge on any atom is 0.0479 e. The van der Waals surface area contributed by atoms with Gasteiger partial charge in [-0.1, -0.05) is 18.6 Å². The highest BCUT2D eigenvalue weighted by Crippen LogP contribution is 2.28. The molecule has 2 unspecified atom stereocenters. The van der Waals surface area contributed by atoms with Crippen LogP contribution in [0.4, 0.5) is 5.69 Å². The van der Waals surface area contributed by atoms with Crippen LogP contribution in [0.15, 0.2) is 24.3 Å². The molecule has 4 heteroatoms. The number of likely N-dealkylation sites (tertiary alicyclic amines) is 1. The lowest BCUT2D eigenvalue weighted by Crippen LogP contribution is -2.53. The maximum absolute atomic E-state index is 3.54. The Hall–Kier alpha value is -1.10. The largest absolute Gasteiger partial charge is 0.378 e. The molecule has 0 saturated carbocycles. The van der Waals surface area contributed by atoms with Crippen LogP contribution in [0.1, 0.15) is 37.8 Å². The van der Waals surface area contributed by atoms with Crippen molar-refractivity contribution in [3.05, 3.63) is 29.8 Å². The van der Waals surface area contributed by atoms with Crippen LogP contribution in [0, 0.1) is 0 Å². The van der Waals surface area contributed by atoms with Gasteiger partial charge in [0, 0.05) is 58.0 Å². The van der Waals surface area contributed by atoms with Gasteiger partial charge in [-0.15, -0.1) is 0 Å². The van der Waals surface area contributed by atoms with E-state index in [1.54, 1.807) is 0 Å². The third kappa shape index (κ3) is 4.29. The number of piperidine rings is 1. The topological polar surface area (TPSA) is 21.8 Å². The van der Waals surface area contributed by atoms with Crippen molar-refractivity contribution in [3.8, 4) is 0 Å². The van der Waals surface area contributed by atoms with Crippen LogP contribution in [0.2, 0.25) is 0 Å². The van der Waals surface area contributed by atoms with Crippen molar-refractivity contribution >= 4 is 5.69 Å². The predicted octanol–water partition coefficient (Wildman–Crippen LogP) is 2.57. The van der Waals surface area contributed by atoms with Crippen molar-refractivity contribution in [1.29, 1.82) is 0 Å². The Bertz CT molecular complexity index is 493. The van der Waals surface area contributed by atoms with E-state index in [1.165, 1.54) is 50.1 Å². The zero-order chi connectivity index (χ0) is 16.9. The Morgan fingerprint density at radius 2 is 1.79 bits per heavy atom. The number of rotatable bonds is 5. The average molecular weight is 331 g/mol. The SMILES string of the molecule is CC1CNCCN1C(CN1CCCCC1)c1ccc(N(C)C)cc1. The van der Waals surface area contributed by atoms with Gasteiger partial charge in [0.15, 0.2) is 0 Å². The second kappa shape index (κ2) is 8.32. The first-order chi connectivity index (χ1) is 11.6. The lowest BCUT2D eigenvalue weighted by atomic mass is 10.00. The van der Waals surface area contributed by atoms with Crippen LogP contribution in [0.25, 0.3) is 0 Å². The number of hydrogen-bond acceptors (Lipinski definition) is 4. The monoisotopic (exact) mass is 330 g/mol. The smallest absolute Gasteiger partial charge is 0.0479 e. The van der Waals surface area contributed by atoms with Crippen LogP contribution < -0.4 is 10.2 Å². The lowest BCUT2D eigenvalue weighted by Gasteiger charge is -2.42. The third-order valence-electron chi connectivity index (χ3n) is 5.63. The van der Waals surface area contributed by atoms with E-state index in [2.05, 4.69) is 65.3 Å². The number of piperazine rings is 1. The molecule has 0 aliphatic carbocycles. The highest BCUT2D eigenvalue weighted by molar-refractivity contribution is 5.46. The molecule has 2 atom stereocenters. The molecule has 0 spiro atoms. The summed E-state index contributed by atoms with van der Waals surface area (Å²) in [5.41, 5.74) is 2.75. The van der Waals surface area contributed by atoms with Crippen molar-refractivity contribution in [2.24, 2.45) is 0 Å². The molecule has 4 nitrogen and oxygen atoms in total. The van der Waals surface area contributed by atoms with Crippen molar-refractivity contribution in [3.63, 3.8) is 0 Å². The van der Waals surface area contributed by atoms with E-state index in [-0.39, 0.29) is 0 Å². The van der Waals surface area contributed by atoms with E-state index >= 15 is 0 Å². The summed E-state index contributed by atoms with van der Waals surface area (Å²) in [6, 6.07) is 10.3. The second-order valence-corrected chi connectivity index (χ2v) is 7.65. The van der Waals surface area contributed by atoms with E-state index in [0.717, 1.165) is 19.6 Å². The normalized spacial score (nSPS) is 24.7. The van der Waals surface area contributed by atoms with E-state index in [4.69, 9.17) is 0 Å². The van der Waals surface area contributed by atoms with Gasteiger partial charge in [0.1, 0.15) is 0 Å². The molecule has 2 saturated heterocycles. The lowest BCUT2D eigenvalue weighted by molar-refractivity contribution is 0.0780. The minimum absolute atomic E-state index is 0.511. The molecular weight excluding hydrogens is 296 g/mol. The molecule has 0 radical (unpaired) electrons. The molecule has 134 valence electrons. The summed E-state index contributed by atoms with van der Waals surface area (Å²) in [7, 11) is 4.22. The molecule has 1 aromatic rings. The Labute approximate surface area is 147 Å². The standard InChI is InChI=1S/C20H34N4/c1-17-15-21-11-14-24(17)20(16-23-12-5-4-6-13-23)18-7-9-19(10-8-18)22(2)3/h7-10,17,20-21H,4-6,11-16H2,1-3H3. The van der Waals surface area contributed by atoms with Gasteiger partial charge in [-0.2, -0.15) is 0 Å². The quantitative estimate of drug-likeness (QED) is 0.896. The molecule has 0 amide bonds. The Morgan fingerprint density at radius 1 is 1.08 bits per heavy atom. The second-order valence-electron chi connectivity index (χ2n) is 7.65. The molecule has 2 aliphatic heterocycles. The van der Waals surface area contributed by atoms with E-state index in [9.17, 15) is 0 Å². The summed E-state index contributed by atoms with van der Waals surface area (Å²) in [5, 5.41) is 3.54. The van der Waals surface area contributed by atoms with Gasteiger partial charge in [-0.25, -0.2) is 0 Å². The fourth-order valence-corrected chi connectivity index (χ4v) is 4.10.